The zero-order valence-corrected chi connectivity index (χ0v) is 12.2. The Balaban J connectivity index is 2.24. The number of aliphatic carboxylic acids is 1. The van der Waals surface area contributed by atoms with Crippen LogP contribution in [0.3, 0.4) is 0 Å². The molecule has 0 radical (unpaired) electrons. The Bertz CT molecular complexity index is 488. The number of carbonyl (C=O) groups is 1. The van der Waals surface area contributed by atoms with Crippen LogP contribution in [0.5, 0.6) is 5.75 Å². The maximum absolute atomic E-state index is 11.5. The van der Waals surface area contributed by atoms with Crippen LogP contribution in [0.2, 0.25) is 0 Å². The number of phenolic OH excluding ortho intramolecular Hbond substituents is 1. The van der Waals surface area contributed by atoms with Gasteiger partial charge in [0.15, 0.2) is 0 Å². The summed E-state index contributed by atoms with van der Waals surface area (Å²) < 4.78 is 0. The van der Waals surface area contributed by atoms with E-state index in [4.69, 9.17) is 0 Å². The molecule has 4 nitrogen and oxygen atoms in total. The number of aromatic hydroxyl groups is 1. The summed E-state index contributed by atoms with van der Waals surface area (Å²) in [7, 11) is 0. The molecule has 0 spiro atoms. The highest BCUT2D eigenvalue weighted by Gasteiger charge is 2.40. The van der Waals surface area contributed by atoms with Gasteiger partial charge in [-0.2, -0.15) is 0 Å². The standard InChI is InChI=1S/C16H23NO3/c1-3-13(12-7-4-5-8-14(12)18)17-10-6-9-16(2,11-17)15(19)20/h4-5,7-8,13,18H,3,6,9-11H2,1-2H3,(H,19,20). The van der Waals surface area contributed by atoms with Crippen molar-refractivity contribution < 1.29 is 15.0 Å². The lowest BCUT2D eigenvalue weighted by Gasteiger charge is -2.41. The molecule has 2 unspecified atom stereocenters. The van der Waals surface area contributed by atoms with Gasteiger partial charge in [0, 0.05) is 18.2 Å². The SMILES string of the molecule is CCC(c1ccccc1O)N1CCCC(C)(C(=O)O)C1. The maximum Gasteiger partial charge on any atom is 0.310 e. The minimum absolute atomic E-state index is 0.0789. The fourth-order valence-electron chi connectivity index (χ4n) is 3.16. The molecule has 1 saturated heterocycles. The number of benzene rings is 1. The third kappa shape index (κ3) is 2.80. The Hall–Kier alpha value is -1.55. The van der Waals surface area contributed by atoms with Gasteiger partial charge in [-0.1, -0.05) is 25.1 Å². The molecule has 0 amide bonds. The molecule has 1 aliphatic heterocycles. The molecule has 0 aromatic heterocycles. The molecule has 2 atom stereocenters. The monoisotopic (exact) mass is 277 g/mol. The molecule has 0 aliphatic carbocycles. The average molecular weight is 277 g/mol. The van der Waals surface area contributed by atoms with E-state index in [0.29, 0.717) is 12.3 Å². The van der Waals surface area contributed by atoms with Crippen LogP contribution in [0.15, 0.2) is 24.3 Å². The summed E-state index contributed by atoms with van der Waals surface area (Å²) in [6.07, 6.45) is 2.45. The van der Waals surface area contributed by atoms with E-state index in [1.807, 2.05) is 25.1 Å². The molecule has 0 saturated carbocycles. The van der Waals surface area contributed by atoms with E-state index in [0.717, 1.165) is 31.4 Å². The Morgan fingerprint density at radius 3 is 2.75 bits per heavy atom. The van der Waals surface area contributed by atoms with Crippen LogP contribution < -0.4 is 0 Å². The molecule has 2 N–H and O–H groups in total. The van der Waals surface area contributed by atoms with E-state index < -0.39 is 11.4 Å². The van der Waals surface area contributed by atoms with E-state index in [1.165, 1.54) is 0 Å². The molecule has 1 heterocycles. The Morgan fingerprint density at radius 2 is 2.15 bits per heavy atom. The topological polar surface area (TPSA) is 60.8 Å². The lowest BCUT2D eigenvalue weighted by molar-refractivity contribution is -0.151. The van der Waals surface area contributed by atoms with Crippen LogP contribution >= 0.6 is 0 Å². The Labute approximate surface area is 120 Å². The van der Waals surface area contributed by atoms with Crippen molar-refractivity contribution in [1.29, 1.82) is 0 Å². The van der Waals surface area contributed by atoms with E-state index in [-0.39, 0.29) is 6.04 Å². The summed E-state index contributed by atoms with van der Waals surface area (Å²) in [5, 5.41) is 19.5. The van der Waals surface area contributed by atoms with E-state index >= 15 is 0 Å². The molecular formula is C16H23NO3. The van der Waals surface area contributed by atoms with Gasteiger partial charge in [0.2, 0.25) is 0 Å². The number of rotatable bonds is 4. The molecule has 1 aromatic rings. The van der Waals surface area contributed by atoms with Crippen LogP contribution in [0.25, 0.3) is 0 Å². The third-order valence-electron chi connectivity index (χ3n) is 4.37. The highest BCUT2D eigenvalue weighted by Crippen LogP contribution is 2.37. The number of hydrogen-bond acceptors (Lipinski definition) is 3. The lowest BCUT2D eigenvalue weighted by Crippen LogP contribution is -2.47. The second-order valence-corrected chi connectivity index (χ2v) is 5.92. The van der Waals surface area contributed by atoms with Gasteiger partial charge in [-0.15, -0.1) is 0 Å². The molecule has 4 heteroatoms. The van der Waals surface area contributed by atoms with Crippen molar-refractivity contribution in [2.75, 3.05) is 13.1 Å². The normalized spacial score (nSPS) is 25.3. The summed E-state index contributed by atoms with van der Waals surface area (Å²) in [4.78, 5) is 13.7. The van der Waals surface area contributed by atoms with Crippen molar-refractivity contribution in [3.8, 4) is 5.75 Å². The zero-order chi connectivity index (χ0) is 14.8. The van der Waals surface area contributed by atoms with Crippen LogP contribution in [-0.4, -0.2) is 34.2 Å². The Morgan fingerprint density at radius 1 is 1.45 bits per heavy atom. The fourth-order valence-corrected chi connectivity index (χ4v) is 3.16. The van der Waals surface area contributed by atoms with Crippen LogP contribution in [-0.2, 0) is 4.79 Å². The van der Waals surface area contributed by atoms with Gasteiger partial charge >= 0.3 is 5.97 Å². The van der Waals surface area contributed by atoms with Crippen LogP contribution in [0.1, 0.15) is 44.7 Å². The predicted octanol–water partition coefficient (Wildman–Crippen LogP) is 3.03. The number of hydrogen-bond donors (Lipinski definition) is 2. The largest absolute Gasteiger partial charge is 0.508 e. The van der Waals surface area contributed by atoms with Crippen molar-refractivity contribution in [1.82, 2.24) is 4.90 Å². The smallest absolute Gasteiger partial charge is 0.310 e. The number of nitrogens with zero attached hydrogens (tertiary/aromatic N) is 1. The first kappa shape index (κ1) is 14.9. The van der Waals surface area contributed by atoms with Gasteiger partial charge in [0.05, 0.1) is 5.41 Å². The third-order valence-corrected chi connectivity index (χ3v) is 4.37. The molecule has 1 aliphatic rings. The van der Waals surface area contributed by atoms with Gasteiger partial charge in [-0.25, -0.2) is 0 Å². The van der Waals surface area contributed by atoms with Crippen molar-refractivity contribution in [3.63, 3.8) is 0 Å². The van der Waals surface area contributed by atoms with E-state index in [2.05, 4.69) is 11.8 Å². The number of piperidine rings is 1. The Kier molecular flexibility index (Phi) is 4.33. The van der Waals surface area contributed by atoms with Crippen molar-refractivity contribution >= 4 is 5.97 Å². The molecule has 1 fully saturated rings. The predicted molar refractivity (Wildman–Crippen MR) is 77.7 cm³/mol. The summed E-state index contributed by atoms with van der Waals surface area (Å²) in [5.74, 6) is -0.434. The van der Waals surface area contributed by atoms with Crippen LogP contribution in [0.4, 0.5) is 0 Å². The van der Waals surface area contributed by atoms with Crippen molar-refractivity contribution in [2.24, 2.45) is 5.41 Å². The quantitative estimate of drug-likeness (QED) is 0.888. The minimum atomic E-state index is -0.727. The van der Waals surface area contributed by atoms with E-state index in [1.54, 1.807) is 6.07 Å². The first-order chi connectivity index (χ1) is 9.48. The number of para-hydroxylation sites is 1. The summed E-state index contributed by atoms with van der Waals surface area (Å²) >= 11 is 0. The molecule has 110 valence electrons. The van der Waals surface area contributed by atoms with Crippen LogP contribution in [0, 0.1) is 5.41 Å². The second kappa shape index (κ2) is 5.83. The van der Waals surface area contributed by atoms with E-state index in [9.17, 15) is 15.0 Å². The molecule has 20 heavy (non-hydrogen) atoms. The highest BCUT2D eigenvalue weighted by atomic mass is 16.4. The van der Waals surface area contributed by atoms with Gasteiger partial charge in [-0.3, -0.25) is 9.69 Å². The van der Waals surface area contributed by atoms with Gasteiger partial charge < -0.3 is 10.2 Å². The van der Waals surface area contributed by atoms with Gasteiger partial charge in [0.25, 0.3) is 0 Å². The summed E-state index contributed by atoms with van der Waals surface area (Å²) in [6.45, 7) is 5.31. The number of likely N-dealkylation sites (tertiary alicyclic amines) is 1. The minimum Gasteiger partial charge on any atom is -0.508 e. The fraction of sp³-hybridized carbons (Fsp3) is 0.562. The first-order valence-corrected chi connectivity index (χ1v) is 7.23. The van der Waals surface area contributed by atoms with Gasteiger partial charge in [-0.05, 0) is 38.8 Å². The highest BCUT2D eigenvalue weighted by molar-refractivity contribution is 5.74. The average Bonchev–Trinajstić information content (AvgIpc) is 2.42. The number of carboxylic acid groups (broad SMARTS) is 1. The maximum atomic E-state index is 11.5. The molecule has 1 aromatic carbocycles. The van der Waals surface area contributed by atoms with Crippen molar-refractivity contribution in [2.45, 2.75) is 39.2 Å². The molecular weight excluding hydrogens is 254 g/mol. The van der Waals surface area contributed by atoms with Gasteiger partial charge in [0.1, 0.15) is 5.75 Å². The number of phenols is 1. The zero-order valence-electron chi connectivity index (χ0n) is 12.2. The van der Waals surface area contributed by atoms with Crippen molar-refractivity contribution in [3.05, 3.63) is 29.8 Å². The first-order valence-electron chi connectivity index (χ1n) is 7.23. The second-order valence-electron chi connectivity index (χ2n) is 5.92. The summed E-state index contributed by atoms with van der Waals surface area (Å²) in [5.41, 5.74) is 0.209. The molecule has 0 bridgehead atoms. The summed E-state index contributed by atoms with van der Waals surface area (Å²) in [6, 6.07) is 7.42. The lowest BCUT2D eigenvalue weighted by atomic mass is 9.81. The molecule has 2 rings (SSSR count). The number of carboxylic acids is 1.